The fraction of sp³-hybridized carbons (Fsp3) is 0.667. The van der Waals surface area contributed by atoms with Gasteiger partial charge in [-0.3, -0.25) is 4.90 Å². The van der Waals surface area contributed by atoms with Gasteiger partial charge in [0.1, 0.15) is 5.76 Å². The molecule has 0 amide bonds. The van der Waals surface area contributed by atoms with E-state index in [0.29, 0.717) is 18.0 Å². The number of nitrogens with zero attached hydrogens (tertiary/aromatic N) is 1. The van der Waals surface area contributed by atoms with Gasteiger partial charge in [0.05, 0.1) is 6.54 Å². The minimum atomic E-state index is -0.994. The van der Waals surface area contributed by atoms with E-state index < -0.39 is 5.97 Å². The summed E-state index contributed by atoms with van der Waals surface area (Å²) in [5.41, 5.74) is 0.695. The van der Waals surface area contributed by atoms with E-state index in [1.165, 1.54) is 12.8 Å². The molecular formula is C15H25NO3. The zero-order valence-electron chi connectivity index (χ0n) is 12.4. The van der Waals surface area contributed by atoms with Gasteiger partial charge in [-0.2, -0.15) is 0 Å². The van der Waals surface area contributed by atoms with Crippen molar-refractivity contribution in [2.45, 2.75) is 47.1 Å². The highest BCUT2D eigenvalue weighted by Crippen LogP contribution is 2.18. The molecule has 0 aromatic carbocycles. The summed E-state index contributed by atoms with van der Waals surface area (Å²) in [5.74, 6) is 0.498. The molecule has 108 valence electrons. The highest BCUT2D eigenvalue weighted by Gasteiger charge is 2.17. The molecular weight excluding hydrogens is 242 g/mol. The fourth-order valence-corrected chi connectivity index (χ4v) is 2.28. The summed E-state index contributed by atoms with van der Waals surface area (Å²) in [6.45, 7) is 11.0. The van der Waals surface area contributed by atoms with Gasteiger partial charge >= 0.3 is 5.97 Å². The summed E-state index contributed by atoms with van der Waals surface area (Å²) >= 11 is 0. The molecule has 19 heavy (non-hydrogen) atoms. The van der Waals surface area contributed by atoms with E-state index in [4.69, 9.17) is 9.52 Å². The molecule has 4 heteroatoms. The normalized spacial score (nSPS) is 11.5. The Hall–Kier alpha value is -1.29. The number of aryl methyl sites for hydroxylation is 1. The van der Waals surface area contributed by atoms with E-state index in [2.05, 4.69) is 25.7 Å². The molecule has 1 rings (SSSR count). The molecule has 0 aliphatic rings. The first-order chi connectivity index (χ1) is 9.01. The third kappa shape index (κ3) is 4.39. The molecule has 1 aromatic rings. The van der Waals surface area contributed by atoms with Crippen LogP contribution in [0.5, 0.6) is 0 Å². The second-order valence-corrected chi connectivity index (χ2v) is 5.04. The van der Waals surface area contributed by atoms with Crippen LogP contribution >= 0.6 is 0 Å². The van der Waals surface area contributed by atoms with Gasteiger partial charge in [0.2, 0.25) is 5.76 Å². The zero-order valence-corrected chi connectivity index (χ0v) is 12.4. The average Bonchev–Trinajstić information content (AvgIpc) is 2.75. The van der Waals surface area contributed by atoms with Crippen molar-refractivity contribution in [2.24, 2.45) is 5.92 Å². The van der Waals surface area contributed by atoms with Gasteiger partial charge in [-0.05, 0) is 25.5 Å². The third-order valence-corrected chi connectivity index (χ3v) is 3.66. The zero-order chi connectivity index (χ0) is 14.4. The van der Waals surface area contributed by atoms with Gasteiger partial charge in [-0.15, -0.1) is 0 Å². The monoisotopic (exact) mass is 267 g/mol. The van der Waals surface area contributed by atoms with Gasteiger partial charge < -0.3 is 9.52 Å². The van der Waals surface area contributed by atoms with Crippen molar-refractivity contribution < 1.29 is 14.3 Å². The summed E-state index contributed by atoms with van der Waals surface area (Å²) in [7, 11) is 0. The number of hydrogen-bond donors (Lipinski definition) is 1. The van der Waals surface area contributed by atoms with Crippen LogP contribution in [0.15, 0.2) is 10.5 Å². The molecule has 0 spiro atoms. The highest BCUT2D eigenvalue weighted by molar-refractivity contribution is 5.86. The molecule has 0 radical (unpaired) electrons. The van der Waals surface area contributed by atoms with E-state index in [0.717, 1.165) is 18.8 Å². The molecule has 0 atom stereocenters. The summed E-state index contributed by atoms with van der Waals surface area (Å²) in [4.78, 5) is 13.3. The van der Waals surface area contributed by atoms with Crippen LogP contribution in [0.3, 0.4) is 0 Å². The molecule has 0 unspecified atom stereocenters. The van der Waals surface area contributed by atoms with Crippen molar-refractivity contribution in [3.63, 3.8) is 0 Å². The minimum Gasteiger partial charge on any atom is -0.475 e. The number of aromatic carboxylic acids is 1. The first-order valence-electron chi connectivity index (χ1n) is 7.06. The maximum Gasteiger partial charge on any atom is 0.372 e. The predicted molar refractivity (Wildman–Crippen MR) is 75.4 cm³/mol. The highest BCUT2D eigenvalue weighted by atomic mass is 16.4. The van der Waals surface area contributed by atoms with Crippen LogP contribution in [0.2, 0.25) is 0 Å². The van der Waals surface area contributed by atoms with Crippen LogP contribution in [0, 0.1) is 12.8 Å². The summed E-state index contributed by atoms with van der Waals surface area (Å²) in [6, 6.07) is 1.83. The lowest BCUT2D eigenvalue weighted by molar-refractivity contribution is 0.0657. The second-order valence-electron chi connectivity index (χ2n) is 5.04. The molecule has 1 heterocycles. The molecule has 0 saturated carbocycles. The molecule has 0 aliphatic carbocycles. The maximum atomic E-state index is 11.0. The molecule has 1 N–H and O–H groups in total. The lowest BCUT2D eigenvalue weighted by Crippen LogP contribution is -2.28. The summed E-state index contributed by atoms with van der Waals surface area (Å²) in [5, 5.41) is 8.98. The standard InChI is InChI=1S/C15H25NO3/c1-5-12(6-2)9-16(7-3)10-13-8-11(4)14(19-13)15(17)18/h8,12H,5-7,9-10H2,1-4H3,(H,17,18). The third-order valence-electron chi connectivity index (χ3n) is 3.66. The van der Waals surface area contributed by atoms with E-state index in [1.807, 2.05) is 6.07 Å². The van der Waals surface area contributed by atoms with Gasteiger partial charge in [0.15, 0.2) is 0 Å². The van der Waals surface area contributed by atoms with Crippen molar-refractivity contribution in [3.05, 3.63) is 23.2 Å². The number of carboxylic acid groups (broad SMARTS) is 1. The van der Waals surface area contributed by atoms with E-state index >= 15 is 0 Å². The van der Waals surface area contributed by atoms with Crippen LogP contribution in [-0.2, 0) is 6.54 Å². The number of furan rings is 1. The van der Waals surface area contributed by atoms with Crippen molar-refractivity contribution in [3.8, 4) is 0 Å². The van der Waals surface area contributed by atoms with E-state index in [9.17, 15) is 4.79 Å². The van der Waals surface area contributed by atoms with E-state index in [-0.39, 0.29) is 5.76 Å². The predicted octanol–water partition coefficient (Wildman–Crippen LogP) is 3.54. The van der Waals surface area contributed by atoms with Gasteiger partial charge in [0, 0.05) is 12.1 Å². The lowest BCUT2D eigenvalue weighted by atomic mass is 10.0. The smallest absolute Gasteiger partial charge is 0.372 e. The van der Waals surface area contributed by atoms with Crippen LogP contribution in [0.25, 0.3) is 0 Å². The molecule has 0 bridgehead atoms. The lowest BCUT2D eigenvalue weighted by Gasteiger charge is -2.24. The Morgan fingerprint density at radius 3 is 2.42 bits per heavy atom. The van der Waals surface area contributed by atoms with Crippen molar-refractivity contribution in [2.75, 3.05) is 13.1 Å². The Balaban J connectivity index is 2.70. The van der Waals surface area contributed by atoms with Crippen molar-refractivity contribution in [1.29, 1.82) is 0 Å². The Bertz CT molecular complexity index is 408. The summed E-state index contributed by atoms with van der Waals surface area (Å²) in [6.07, 6.45) is 2.34. The van der Waals surface area contributed by atoms with Crippen LogP contribution < -0.4 is 0 Å². The van der Waals surface area contributed by atoms with Crippen LogP contribution in [0.4, 0.5) is 0 Å². The molecule has 4 nitrogen and oxygen atoms in total. The fourth-order valence-electron chi connectivity index (χ4n) is 2.28. The second kappa shape index (κ2) is 7.34. The molecule has 0 aliphatic heterocycles. The van der Waals surface area contributed by atoms with Gasteiger partial charge in [-0.1, -0.05) is 33.6 Å². The number of rotatable bonds is 8. The first kappa shape index (κ1) is 15.8. The SMILES string of the molecule is CCC(CC)CN(CC)Cc1cc(C)c(C(=O)O)o1. The summed E-state index contributed by atoms with van der Waals surface area (Å²) < 4.78 is 5.42. The molecule has 0 fully saturated rings. The van der Waals surface area contributed by atoms with Gasteiger partial charge in [0.25, 0.3) is 0 Å². The van der Waals surface area contributed by atoms with Crippen molar-refractivity contribution in [1.82, 2.24) is 4.90 Å². The van der Waals surface area contributed by atoms with Crippen LogP contribution in [-0.4, -0.2) is 29.1 Å². The maximum absolute atomic E-state index is 11.0. The average molecular weight is 267 g/mol. The Morgan fingerprint density at radius 1 is 1.37 bits per heavy atom. The van der Waals surface area contributed by atoms with Crippen molar-refractivity contribution >= 4 is 5.97 Å². The van der Waals surface area contributed by atoms with Gasteiger partial charge in [-0.25, -0.2) is 4.79 Å². The van der Waals surface area contributed by atoms with Crippen LogP contribution in [0.1, 0.15) is 55.5 Å². The Labute approximate surface area is 115 Å². The number of carbonyl (C=O) groups is 1. The molecule has 1 aromatic heterocycles. The quantitative estimate of drug-likeness (QED) is 0.782. The topological polar surface area (TPSA) is 53.7 Å². The Morgan fingerprint density at radius 2 is 2.00 bits per heavy atom. The molecule has 0 saturated heterocycles. The first-order valence-corrected chi connectivity index (χ1v) is 7.06. The Kier molecular flexibility index (Phi) is 6.09. The van der Waals surface area contributed by atoms with E-state index in [1.54, 1.807) is 6.92 Å². The number of carboxylic acids is 1. The number of hydrogen-bond acceptors (Lipinski definition) is 3. The largest absolute Gasteiger partial charge is 0.475 e. The minimum absolute atomic E-state index is 0.0635.